The average molecular weight is 165 g/mol. The quantitative estimate of drug-likeness (QED) is 0.641. The van der Waals surface area contributed by atoms with Crippen LogP contribution in [0, 0.1) is 0 Å². The SMILES string of the molecule is Cn1ccnc1-c1nccs1. The van der Waals surface area contributed by atoms with E-state index in [9.17, 15) is 0 Å². The van der Waals surface area contributed by atoms with E-state index in [-0.39, 0.29) is 0 Å². The topological polar surface area (TPSA) is 30.7 Å². The summed E-state index contributed by atoms with van der Waals surface area (Å²) in [5.74, 6) is 0.931. The van der Waals surface area contributed by atoms with Gasteiger partial charge in [0, 0.05) is 31.0 Å². The maximum atomic E-state index is 4.17. The smallest absolute Gasteiger partial charge is 0.168 e. The highest BCUT2D eigenvalue weighted by Gasteiger charge is 2.03. The zero-order valence-electron chi connectivity index (χ0n) is 6.06. The zero-order chi connectivity index (χ0) is 7.68. The number of hydrogen-bond acceptors (Lipinski definition) is 3. The lowest BCUT2D eigenvalue weighted by atomic mass is 10.6. The third-order valence-electron chi connectivity index (χ3n) is 1.44. The van der Waals surface area contributed by atoms with Crippen LogP contribution in [-0.4, -0.2) is 14.5 Å². The summed E-state index contributed by atoms with van der Waals surface area (Å²) >= 11 is 1.60. The molecule has 0 amide bonds. The van der Waals surface area contributed by atoms with Crippen LogP contribution in [0.4, 0.5) is 0 Å². The summed E-state index contributed by atoms with van der Waals surface area (Å²) in [5, 5.41) is 2.92. The van der Waals surface area contributed by atoms with Gasteiger partial charge in [0.05, 0.1) is 0 Å². The molecular weight excluding hydrogens is 158 g/mol. The van der Waals surface area contributed by atoms with Crippen molar-refractivity contribution in [3.63, 3.8) is 0 Å². The van der Waals surface area contributed by atoms with Crippen molar-refractivity contribution >= 4 is 11.3 Å². The number of thiazole rings is 1. The van der Waals surface area contributed by atoms with Crippen LogP contribution >= 0.6 is 11.3 Å². The molecule has 56 valence electrons. The van der Waals surface area contributed by atoms with Crippen LogP contribution in [0.25, 0.3) is 10.8 Å². The van der Waals surface area contributed by atoms with Gasteiger partial charge in [-0.2, -0.15) is 0 Å². The third kappa shape index (κ3) is 1.05. The molecule has 3 nitrogen and oxygen atoms in total. The number of nitrogens with zero attached hydrogens (tertiary/aromatic N) is 3. The predicted octanol–water partition coefficient (Wildman–Crippen LogP) is 1.54. The standard InChI is InChI=1S/C7H7N3S/c1-10-4-2-8-6(10)7-9-3-5-11-7/h2-5H,1H3. The molecule has 0 unspecified atom stereocenters. The van der Waals surface area contributed by atoms with E-state index in [4.69, 9.17) is 0 Å². The van der Waals surface area contributed by atoms with Crippen molar-refractivity contribution in [3.05, 3.63) is 24.0 Å². The minimum atomic E-state index is 0.931. The molecule has 0 atom stereocenters. The van der Waals surface area contributed by atoms with E-state index in [1.165, 1.54) is 0 Å². The van der Waals surface area contributed by atoms with Crippen molar-refractivity contribution in [2.75, 3.05) is 0 Å². The molecule has 11 heavy (non-hydrogen) atoms. The molecule has 0 aliphatic carbocycles. The van der Waals surface area contributed by atoms with E-state index in [0.717, 1.165) is 10.8 Å². The van der Waals surface area contributed by atoms with Gasteiger partial charge in [-0.3, -0.25) is 0 Å². The molecule has 2 rings (SSSR count). The van der Waals surface area contributed by atoms with E-state index in [1.54, 1.807) is 23.7 Å². The van der Waals surface area contributed by atoms with Gasteiger partial charge in [0.2, 0.25) is 0 Å². The van der Waals surface area contributed by atoms with Gasteiger partial charge in [-0.25, -0.2) is 9.97 Å². The second kappa shape index (κ2) is 2.47. The third-order valence-corrected chi connectivity index (χ3v) is 2.21. The molecule has 0 N–H and O–H groups in total. The lowest BCUT2D eigenvalue weighted by Crippen LogP contribution is -1.89. The van der Waals surface area contributed by atoms with Gasteiger partial charge in [-0.15, -0.1) is 11.3 Å². The molecule has 4 heteroatoms. The van der Waals surface area contributed by atoms with Crippen LogP contribution in [0.3, 0.4) is 0 Å². The maximum absolute atomic E-state index is 4.17. The Morgan fingerprint density at radius 1 is 1.36 bits per heavy atom. The molecule has 0 saturated carbocycles. The second-order valence-electron chi connectivity index (χ2n) is 2.20. The largest absolute Gasteiger partial charge is 0.332 e. The summed E-state index contributed by atoms with van der Waals surface area (Å²) < 4.78 is 1.96. The first-order valence-corrected chi connectivity index (χ1v) is 4.13. The van der Waals surface area contributed by atoms with Gasteiger partial charge in [-0.1, -0.05) is 0 Å². The lowest BCUT2D eigenvalue weighted by Gasteiger charge is -1.93. The normalized spacial score (nSPS) is 10.3. The molecule has 2 heterocycles. The Hall–Kier alpha value is -1.16. The first-order valence-electron chi connectivity index (χ1n) is 3.25. The first kappa shape index (κ1) is 6.54. The number of hydrogen-bond donors (Lipinski definition) is 0. The Balaban J connectivity index is 2.53. The molecule has 0 bridgehead atoms. The van der Waals surface area contributed by atoms with Gasteiger partial charge >= 0.3 is 0 Å². The zero-order valence-corrected chi connectivity index (χ0v) is 6.88. The van der Waals surface area contributed by atoms with E-state index < -0.39 is 0 Å². The highest BCUT2D eigenvalue weighted by molar-refractivity contribution is 7.13. The summed E-state index contributed by atoms with van der Waals surface area (Å²) in [5.41, 5.74) is 0. The second-order valence-corrected chi connectivity index (χ2v) is 3.09. The highest BCUT2D eigenvalue weighted by atomic mass is 32.1. The number of rotatable bonds is 1. The van der Waals surface area contributed by atoms with Crippen LogP contribution < -0.4 is 0 Å². The molecule has 2 aromatic heterocycles. The van der Waals surface area contributed by atoms with Crippen molar-refractivity contribution in [2.45, 2.75) is 0 Å². The molecule has 0 spiro atoms. The van der Waals surface area contributed by atoms with Crippen molar-refractivity contribution in [1.29, 1.82) is 0 Å². The molecule has 0 aliphatic rings. The molecule has 0 aromatic carbocycles. The van der Waals surface area contributed by atoms with Gasteiger partial charge in [-0.05, 0) is 0 Å². The Bertz CT molecular complexity index is 336. The van der Waals surface area contributed by atoms with Gasteiger partial charge in [0.15, 0.2) is 10.8 Å². The molecule has 2 aromatic rings. The summed E-state index contributed by atoms with van der Waals surface area (Å²) in [4.78, 5) is 8.32. The van der Waals surface area contributed by atoms with Crippen molar-refractivity contribution in [3.8, 4) is 10.8 Å². The molecule has 0 aliphatic heterocycles. The molecule has 0 saturated heterocycles. The van der Waals surface area contributed by atoms with Crippen LogP contribution in [0.5, 0.6) is 0 Å². The Morgan fingerprint density at radius 2 is 2.27 bits per heavy atom. The summed E-state index contributed by atoms with van der Waals surface area (Å²) in [6.07, 6.45) is 5.47. The number of imidazole rings is 1. The van der Waals surface area contributed by atoms with Crippen LogP contribution in [0.15, 0.2) is 24.0 Å². The fraction of sp³-hybridized carbons (Fsp3) is 0.143. The van der Waals surface area contributed by atoms with E-state index in [2.05, 4.69) is 9.97 Å². The fourth-order valence-electron chi connectivity index (χ4n) is 0.906. The van der Waals surface area contributed by atoms with Crippen LogP contribution in [-0.2, 0) is 7.05 Å². The first-order chi connectivity index (χ1) is 5.38. The summed E-state index contributed by atoms with van der Waals surface area (Å²) in [6.45, 7) is 0. The minimum absolute atomic E-state index is 0.931. The predicted molar refractivity (Wildman–Crippen MR) is 44.3 cm³/mol. The van der Waals surface area contributed by atoms with E-state index >= 15 is 0 Å². The average Bonchev–Trinajstić information content (AvgIpc) is 2.55. The molecule has 0 radical (unpaired) electrons. The molecular formula is C7H7N3S. The fourth-order valence-corrected chi connectivity index (χ4v) is 1.58. The van der Waals surface area contributed by atoms with E-state index in [0.29, 0.717) is 0 Å². The van der Waals surface area contributed by atoms with E-state index in [1.807, 2.05) is 23.2 Å². The van der Waals surface area contributed by atoms with Gasteiger partial charge < -0.3 is 4.57 Å². The maximum Gasteiger partial charge on any atom is 0.168 e. The minimum Gasteiger partial charge on any atom is -0.332 e. The van der Waals surface area contributed by atoms with Crippen molar-refractivity contribution in [1.82, 2.24) is 14.5 Å². The van der Waals surface area contributed by atoms with Crippen LogP contribution in [0.1, 0.15) is 0 Å². The monoisotopic (exact) mass is 165 g/mol. The lowest BCUT2D eigenvalue weighted by molar-refractivity contribution is 0.922. The Kier molecular flexibility index (Phi) is 1.47. The van der Waals surface area contributed by atoms with Crippen molar-refractivity contribution in [2.24, 2.45) is 7.05 Å². The summed E-state index contributed by atoms with van der Waals surface area (Å²) in [6, 6.07) is 0. The summed E-state index contributed by atoms with van der Waals surface area (Å²) in [7, 11) is 1.96. The number of aromatic nitrogens is 3. The molecule has 0 fully saturated rings. The Morgan fingerprint density at radius 3 is 2.82 bits per heavy atom. The number of aryl methyl sites for hydroxylation is 1. The van der Waals surface area contributed by atoms with Gasteiger partial charge in [0.25, 0.3) is 0 Å². The van der Waals surface area contributed by atoms with Crippen LogP contribution in [0.2, 0.25) is 0 Å². The van der Waals surface area contributed by atoms with Gasteiger partial charge in [0.1, 0.15) is 0 Å². The Labute approximate surface area is 68.4 Å². The van der Waals surface area contributed by atoms with Crippen molar-refractivity contribution < 1.29 is 0 Å². The highest BCUT2D eigenvalue weighted by Crippen LogP contribution is 2.17.